The van der Waals surface area contributed by atoms with E-state index in [1.165, 1.54) is 37.6 Å². The third kappa shape index (κ3) is 3.87. The van der Waals surface area contributed by atoms with E-state index in [-0.39, 0.29) is 17.2 Å². The van der Waals surface area contributed by atoms with Crippen molar-refractivity contribution in [3.8, 4) is 0 Å². The molecule has 2 aromatic rings. The van der Waals surface area contributed by atoms with Crippen molar-refractivity contribution in [1.29, 1.82) is 0 Å². The van der Waals surface area contributed by atoms with E-state index >= 15 is 0 Å². The highest BCUT2D eigenvalue weighted by Gasteiger charge is 2.16. The fourth-order valence-electron chi connectivity index (χ4n) is 1.62. The minimum atomic E-state index is -3.44. The van der Waals surface area contributed by atoms with Crippen LogP contribution in [0.1, 0.15) is 5.56 Å². The average Bonchev–Trinajstić information content (AvgIpc) is 2.91. The van der Waals surface area contributed by atoms with Crippen LogP contribution in [-0.2, 0) is 21.2 Å². The van der Waals surface area contributed by atoms with Crippen LogP contribution in [0.3, 0.4) is 0 Å². The number of benzene rings is 1. The van der Waals surface area contributed by atoms with Crippen molar-refractivity contribution >= 4 is 32.4 Å². The highest BCUT2D eigenvalue weighted by Crippen LogP contribution is 2.15. The highest BCUT2D eigenvalue weighted by molar-refractivity contribution is 7.89. The first-order valence-corrected chi connectivity index (χ1v) is 8.42. The molecule has 0 bridgehead atoms. The van der Waals surface area contributed by atoms with Crippen LogP contribution in [-0.4, -0.2) is 37.7 Å². The molecule has 0 spiro atoms. The molecule has 6 nitrogen and oxygen atoms in total. The van der Waals surface area contributed by atoms with Gasteiger partial charge in [-0.15, -0.1) is 11.3 Å². The summed E-state index contributed by atoms with van der Waals surface area (Å²) in [7, 11) is -0.485. The summed E-state index contributed by atoms with van der Waals surface area (Å²) in [6.07, 6.45) is 1.78. The molecule has 0 aliphatic rings. The fourth-order valence-corrected chi connectivity index (χ4v) is 3.07. The minimum Gasteiger partial charge on any atom is -0.302 e. The topological polar surface area (TPSA) is 79.4 Å². The van der Waals surface area contributed by atoms with E-state index in [1.807, 2.05) is 0 Å². The molecular formula is C13H15N3O3S2. The second-order valence-electron chi connectivity index (χ2n) is 4.49. The molecular weight excluding hydrogens is 310 g/mol. The Morgan fingerprint density at radius 2 is 1.95 bits per heavy atom. The van der Waals surface area contributed by atoms with Gasteiger partial charge in [-0.2, -0.15) is 0 Å². The van der Waals surface area contributed by atoms with Crippen molar-refractivity contribution in [3.63, 3.8) is 0 Å². The van der Waals surface area contributed by atoms with Crippen LogP contribution in [0.15, 0.2) is 40.7 Å². The van der Waals surface area contributed by atoms with E-state index in [0.29, 0.717) is 5.13 Å². The molecule has 0 saturated carbocycles. The lowest BCUT2D eigenvalue weighted by Crippen LogP contribution is -2.22. The van der Waals surface area contributed by atoms with Gasteiger partial charge in [-0.05, 0) is 17.7 Å². The van der Waals surface area contributed by atoms with Crippen molar-refractivity contribution in [1.82, 2.24) is 9.29 Å². The maximum absolute atomic E-state index is 11.9. The molecule has 1 amide bonds. The summed E-state index contributed by atoms with van der Waals surface area (Å²) < 4.78 is 25.0. The molecule has 0 fully saturated rings. The van der Waals surface area contributed by atoms with Gasteiger partial charge in [0.15, 0.2) is 5.13 Å². The smallest absolute Gasteiger partial charge is 0.242 e. The summed E-state index contributed by atoms with van der Waals surface area (Å²) in [4.78, 5) is 16.0. The SMILES string of the molecule is CN(C)S(=O)(=O)c1ccc(CC(=O)Nc2nccs2)cc1. The van der Waals surface area contributed by atoms with Gasteiger partial charge < -0.3 is 5.32 Å². The van der Waals surface area contributed by atoms with Gasteiger partial charge >= 0.3 is 0 Å². The van der Waals surface area contributed by atoms with Crippen LogP contribution in [0, 0.1) is 0 Å². The number of anilines is 1. The number of hydrogen-bond acceptors (Lipinski definition) is 5. The molecule has 1 aromatic heterocycles. The van der Waals surface area contributed by atoms with Crippen molar-refractivity contribution in [2.75, 3.05) is 19.4 Å². The molecule has 112 valence electrons. The predicted octanol–water partition coefficient (Wildman–Crippen LogP) is 1.57. The quantitative estimate of drug-likeness (QED) is 0.905. The molecule has 8 heteroatoms. The highest BCUT2D eigenvalue weighted by atomic mass is 32.2. The van der Waals surface area contributed by atoms with Crippen LogP contribution in [0.25, 0.3) is 0 Å². The van der Waals surface area contributed by atoms with Crippen LogP contribution < -0.4 is 5.32 Å². The maximum Gasteiger partial charge on any atom is 0.242 e. The summed E-state index contributed by atoms with van der Waals surface area (Å²) in [6, 6.07) is 6.28. The number of carbonyl (C=O) groups excluding carboxylic acids is 1. The summed E-state index contributed by atoms with van der Waals surface area (Å²) in [5.41, 5.74) is 0.738. The van der Waals surface area contributed by atoms with Crippen molar-refractivity contribution in [2.24, 2.45) is 0 Å². The first-order valence-electron chi connectivity index (χ1n) is 6.10. The van der Waals surface area contributed by atoms with Crippen LogP contribution in [0.2, 0.25) is 0 Å². The van der Waals surface area contributed by atoms with Gasteiger partial charge in [0, 0.05) is 25.7 Å². The van der Waals surface area contributed by atoms with Gasteiger partial charge in [-0.25, -0.2) is 17.7 Å². The first kappa shape index (κ1) is 15.6. The second-order valence-corrected chi connectivity index (χ2v) is 7.54. The van der Waals surface area contributed by atoms with Gasteiger partial charge in [-0.1, -0.05) is 12.1 Å². The maximum atomic E-state index is 11.9. The Balaban J connectivity index is 2.04. The molecule has 0 unspecified atom stereocenters. The van der Waals surface area contributed by atoms with Gasteiger partial charge in [0.25, 0.3) is 0 Å². The van der Waals surface area contributed by atoms with E-state index < -0.39 is 10.0 Å². The fraction of sp³-hybridized carbons (Fsp3) is 0.231. The summed E-state index contributed by atoms with van der Waals surface area (Å²) in [5.74, 6) is -0.187. The number of sulfonamides is 1. The van der Waals surface area contributed by atoms with Crippen LogP contribution in [0.4, 0.5) is 5.13 Å². The Hall–Kier alpha value is -1.77. The number of nitrogens with one attached hydrogen (secondary N) is 1. The number of thiazole rings is 1. The molecule has 1 aromatic carbocycles. The summed E-state index contributed by atoms with van der Waals surface area (Å²) in [5, 5.41) is 5.00. The van der Waals surface area contributed by atoms with Crippen molar-refractivity contribution in [3.05, 3.63) is 41.4 Å². The Kier molecular flexibility index (Phi) is 4.71. The molecule has 0 saturated heterocycles. The van der Waals surface area contributed by atoms with Crippen LogP contribution >= 0.6 is 11.3 Å². The zero-order chi connectivity index (χ0) is 15.5. The molecule has 0 aliphatic carbocycles. The Labute approximate surface area is 127 Å². The summed E-state index contributed by atoms with van der Waals surface area (Å²) in [6.45, 7) is 0. The average molecular weight is 325 g/mol. The third-order valence-corrected chi connectivity index (χ3v) is 5.26. The number of hydrogen-bond donors (Lipinski definition) is 1. The number of amides is 1. The lowest BCUT2D eigenvalue weighted by molar-refractivity contribution is -0.115. The van der Waals surface area contributed by atoms with E-state index in [9.17, 15) is 13.2 Å². The number of carbonyl (C=O) groups is 1. The normalized spacial score (nSPS) is 11.6. The molecule has 0 aliphatic heterocycles. The lowest BCUT2D eigenvalue weighted by atomic mass is 10.1. The van der Waals surface area contributed by atoms with E-state index in [1.54, 1.807) is 23.7 Å². The largest absolute Gasteiger partial charge is 0.302 e. The van der Waals surface area contributed by atoms with Gasteiger partial charge in [-0.3, -0.25) is 4.79 Å². The molecule has 0 atom stereocenters. The molecule has 1 heterocycles. The summed E-state index contributed by atoms with van der Waals surface area (Å²) >= 11 is 1.34. The second kappa shape index (κ2) is 6.33. The van der Waals surface area contributed by atoms with Crippen molar-refractivity contribution in [2.45, 2.75) is 11.3 Å². The number of rotatable bonds is 5. The zero-order valence-corrected chi connectivity index (χ0v) is 13.2. The van der Waals surface area contributed by atoms with Gasteiger partial charge in [0.2, 0.25) is 15.9 Å². The monoisotopic (exact) mass is 325 g/mol. The van der Waals surface area contributed by atoms with E-state index in [2.05, 4.69) is 10.3 Å². The van der Waals surface area contributed by atoms with E-state index in [0.717, 1.165) is 9.87 Å². The van der Waals surface area contributed by atoms with E-state index in [4.69, 9.17) is 0 Å². The number of aromatic nitrogens is 1. The van der Waals surface area contributed by atoms with Crippen LogP contribution in [0.5, 0.6) is 0 Å². The lowest BCUT2D eigenvalue weighted by Gasteiger charge is -2.11. The first-order chi connectivity index (χ1) is 9.89. The number of nitrogens with zero attached hydrogens (tertiary/aromatic N) is 2. The third-order valence-electron chi connectivity index (χ3n) is 2.75. The predicted molar refractivity (Wildman–Crippen MR) is 81.8 cm³/mol. The molecule has 0 radical (unpaired) electrons. The van der Waals surface area contributed by atoms with Crippen molar-refractivity contribution < 1.29 is 13.2 Å². The Bertz CT molecular complexity index is 708. The van der Waals surface area contributed by atoms with Gasteiger partial charge in [0.1, 0.15) is 0 Å². The zero-order valence-electron chi connectivity index (χ0n) is 11.6. The molecule has 1 N–H and O–H groups in total. The Morgan fingerprint density at radius 1 is 1.29 bits per heavy atom. The standard InChI is InChI=1S/C13H15N3O3S2/c1-16(2)21(18,19)11-5-3-10(4-6-11)9-12(17)15-13-14-7-8-20-13/h3-8H,9H2,1-2H3,(H,14,15,17). The minimum absolute atomic E-state index is 0.169. The van der Waals surface area contributed by atoms with Gasteiger partial charge in [0.05, 0.1) is 11.3 Å². The molecule has 2 rings (SSSR count). The molecule has 21 heavy (non-hydrogen) atoms. The Morgan fingerprint density at radius 3 is 2.48 bits per heavy atom.